The van der Waals surface area contributed by atoms with Crippen LogP contribution in [0.2, 0.25) is 0 Å². The first kappa shape index (κ1) is 20.8. The summed E-state index contributed by atoms with van der Waals surface area (Å²) in [5, 5.41) is 5.08. The average Bonchev–Trinajstić information content (AvgIpc) is 2.58. The minimum absolute atomic E-state index is 0.0224. The van der Waals surface area contributed by atoms with E-state index in [1.807, 2.05) is 13.8 Å². The van der Waals surface area contributed by atoms with E-state index in [0.717, 1.165) is 0 Å². The molecule has 0 bridgehead atoms. The number of hydrogen-bond donors (Lipinski definition) is 1. The Morgan fingerprint density at radius 2 is 1.48 bits per heavy atom. The second-order valence-corrected chi connectivity index (χ2v) is 8.01. The van der Waals surface area contributed by atoms with E-state index < -0.39 is 21.9 Å². The lowest BCUT2D eigenvalue weighted by Gasteiger charge is -2.21. The molecule has 144 valence electrons. The van der Waals surface area contributed by atoms with Gasteiger partial charge >= 0.3 is 10.3 Å². The van der Waals surface area contributed by atoms with Gasteiger partial charge in [0.05, 0.1) is 0 Å². The summed E-state index contributed by atoms with van der Waals surface area (Å²) >= 11 is 0. The second-order valence-electron chi connectivity index (χ2n) is 6.85. The molecular formula is C20H23NO5S. The fraction of sp³-hybridized carbons (Fsp3) is 0.300. The number of carbonyl (C=O) groups is 2. The monoisotopic (exact) mass is 389 g/mol. The summed E-state index contributed by atoms with van der Waals surface area (Å²) in [5.41, 5.74) is 1.32. The van der Waals surface area contributed by atoms with Crippen LogP contribution in [0.1, 0.15) is 71.4 Å². The van der Waals surface area contributed by atoms with Gasteiger partial charge in [0.15, 0.2) is 5.75 Å². The Balaban J connectivity index is 2.68. The Morgan fingerprint density at radius 1 is 0.889 bits per heavy atom. The molecule has 0 amide bonds. The van der Waals surface area contributed by atoms with E-state index in [-0.39, 0.29) is 28.7 Å². The first-order valence-electron chi connectivity index (χ1n) is 8.56. The zero-order valence-electron chi connectivity index (χ0n) is 15.7. The van der Waals surface area contributed by atoms with Gasteiger partial charge in [0.1, 0.15) is 0 Å². The van der Waals surface area contributed by atoms with Crippen LogP contribution in [0.4, 0.5) is 0 Å². The molecule has 2 rings (SSSR count). The molecule has 0 saturated heterocycles. The SMILES string of the molecule is CC(C)c1ccc(C(=O)C(=O)c2ccccc2)c(C(C)C)c1OS(N)(=O)=O. The molecule has 0 unspecified atom stereocenters. The van der Waals surface area contributed by atoms with Gasteiger partial charge in [-0.3, -0.25) is 9.59 Å². The van der Waals surface area contributed by atoms with Gasteiger partial charge in [-0.1, -0.05) is 70.2 Å². The van der Waals surface area contributed by atoms with Gasteiger partial charge in [-0.15, -0.1) is 0 Å². The number of hydrogen-bond acceptors (Lipinski definition) is 5. The molecule has 2 aromatic rings. The van der Waals surface area contributed by atoms with Gasteiger partial charge in [0.25, 0.3) is 0 Å². The predicted molar refractivity (Wildman–Crippen MR) is 103 cm³/mol. The van der Waals surface area contributed by atoms with Crippen molar-refractivity contribution in [2.24, 2.45) is 5.14 Å². The van der Waals surface area contributed by atoms with Gasteiger partial charge in [-0.25, -0.2) is 0 Å². The van der Waals surface area contributed by atoms with E-state index in [0.29, 0.717) is 11.1 Å². The standard InChI is InChI=1S/C20H23NO5S/c1-12(2)15-10-11-16(17(13(3)4)20(15)26-27(21,24)25)19(23)18(22)14-8-6-5-7-9-14/h5-13H,1-4H3,(H2,21,24,25). The quantitative estimate of drug-likeness (QED) is 0.576. The van der Waals surface area contributed by atoms with Gasteiger partial charge < -0.3 is 4.18 Å². The van der Waals surface area contributed by atoms with Crippen LogP contribution in [-0.2, 0) is 10.3 Å². The molecule has 0 aromatic heterocycles. The van der Waals surface area contributed by atoms with Crippen molar-refractivity contribution < 1.29 is 22.2 Å². The number of rotatable bonds is 7. The van der Waals surface area contributed by atoms with Crippen molar-refractivity contribution in [3.63, 3.8) is 0 Å². The van der Waals surface area contributed by atoms with Crippen molar-refractivity contribution in [1.29, 1.82) is 0 Å². The Hall–Kier alpha value is -2.51. The van der Waals surface area contributed by atoms with Crippen molar-refractivity contribution >= 4 is 21.9 Å². The summed E-state index contributed by atoms with van der Waals surface area (Å²) in [7, 11) is -4.30. The summed E-state index contributed by atoms with van der Waals surface area (Å²) in [4.78, 5) is 25.5. The maximum atomic E-state index is 12.9. The van der Waals surface area contributed by atoms with Crippen LogP contribution in [0.25, 0.3) is 0 Å². The molecule has 6 nitrogen and oxygen atoms in total. The zero-order chi connectivity index (χ0) is 20.4. The minimum Gasteiger partial charge on any atom is -0.370 e. The van der Waals surface area contributed by atoms with Crippen LogP contribution in [0.15, 0.2) is 42.5 Å². The van der Waals surface area contributed by atoms with Crippen molar-refractivity contribution in [1.82, 2.24) is 0 Å². The molecule has 7 heteroatoms. The molecule has 0 aliphatic carbocycles. The summed E-state index contributed by atoms with van der Waals surface area (Å²) in [6, 6.07) is 11.3. The van der Waals surface area contributed by atoms with Crippen LogP contribution < -0.4 is 9.32 Å². The highest BCUT2D eigenvalue weighted by Crippen LogP contribution is 2.38. The van der Waals surface area contributed by atoms with Crippen molar-refractivity contribution in [2.75, 3.05) is 0 Å². The maximum absolute atomic E-state index is 12.9. The molecule has 0 heterocycles. The third-order valence-corrected chi connectivity index (χ3v) is 4.51. The summed E-state index contributed by atoms with van der Waals surface area (Å²) in [5.74, 6) is -1.72. The number of ketones is 2. The number of nitrogens with two attached hydrogens (primary N) is 1. The van der Waals surface area contributed by atoms with Crippen LogP contribution in [-0.4, -0.2) is 20.0 Å². The first-order chi connectivity index (χ1) is 12.5. The van der Waals surface area contributed by atoms with E-state index >= 15 is 0 Å². The summed E-state index contributed by atoms with van der Waals surface area (Å²) in [6.07, 6.45) is 0. The lowest BCUT2D eigenvalue weighted by molar-refractivity contribution is 0.0816. The van der Waals surface area contributed by atoms with Gasteiger partial charge in [-0.05, 0) is 17.4 Å². The smallest absolute Gasteiger partial charge is 0.370 e. The Labute approximate surface area is 159 Å². The van der Waals surface area contributed by atoms with Crippen LogP contribution >= 0.6 is 0 Å². The normalized spacial score (nSPS) is 11.7. The average molecular weight is 389 g/mol. The molecule has 0 aliphatic rings. The first-order valence-corrected chi connectivity index (χ1v) is 10.0. The number of benzene rings is 2. The lowest BCUT2D eigenvalue weighted by atomic mass is 9.87. The van der Waals surface area contributed by atoms with E-state index in [9.17, 15) is 18.0 Å². The topological polar surface area (TPSA) is 104 Å². The third-order valence-electron chi connectivity index (χ3n) is 4.11. The molecule has 0 spiro atoms. The van der Waals surface area contributed by atoms with Crippen molar-refractivity contribution in [2.45, 2.75) is 39.5 Å². The molecule has 27 heavy (non-hydrogen) atoms. The molecule has 2 N–H and O–H groups in total. The highest BCUT2D eigenvalue weighted by atomic mass is 32.2. The van der Waals surface area contributed by atoms with Crippen LogP contribution in [0.3, 0.4) is 0 Å². The van der Waals surface area contributed by atoms with E-state index in [1.165, 1.54) is 0 Å². The van der Waals surface area contributed by atoms with E-state index in [1.54, 1.807) is 56.3 Å². The molecule has 0 aliphatic heterocycles. The maximum Gasteiger partial charge on any atom is 0.380 e. The summed E-state index contributed by atoms with van der Waals surface area (Å²) < 4.78 is 28.2. The van der Waals surface area contributed by atoms with Gasteiger partial charge in [0.2, 0.25) is 11.6 Å². The molecule has 0 radical (unpaired) electrons. The Bertz CT molecular complexity index is 963. The predicted octanol–water partition coefficient (Wildman–Crippen LogP) is 3.58. The number of Topliss-reactive ketones (excluding diaryl/α,β-unsaturated/α-hetero) is 2. The van der Waals surface area contributed by atoms with E-state index in [2.05, 4.69) is 0 Å². The zero-order valence-corrected chi connectivity index (χ0v) is 16.5. The highest BCUT2D eigenvalue weighted by molar-refractivity contribution is 7.84. The largest absolute Gasteiger partial charge is 0.380 e. The third kappa shape index (κ3) is 4.81. The fourth-order valence-corrected chi connectivity index (χ4v) is 3.31. The van der Waals surface area contributed by atoms with Crippen molar-refractivity contribution in [3.8, 4) is 5.75 Å². The Kier molecular flexibility index (Phi) is 6.18. The number of carbonyl (C=O) groups excluding carboxylic acids is 2. The fourth-order valence-electron chi connectivity index (χ4n) is 2.89. The molecular weight excluding hydrogens is 366 g/mol. The van der Waals surface area contributed by atoms with Crippen LogP contribution in [0.5, 0.6) is 5.75 Å². The highest BCUT2D eigenvalue weighted by Gasteiger charge is 2.28. The van der Waals surface area contributed by atoms with Crippen molar-refractivity contribution in [3.05, 3.63) is 64.7 Å². The van der Waals surface area contributed by atoms with Gasteiger partial charge in [-0.2, -0.15) is 13.6 Å². The van der Waals surface area contributed by atoms with E-state index in [4.69, 9.17) is 9.32 Å². The second kappa shape index (κ2) is 8.02. The molecule has 0 saturated carbocycles. The minimum atomic E-state index is -4.30. The lowest BCUT2D eigenvalue weighted by Crippen LogP contribution is -2.23. The van der Waals surface area contributed by atoms with Gasteiger partial charge in [0, 0.05) is 16.7 Å². The molecule has 0 atom stereocenters. The molecule has 0 fully saturated rings. The van der Waals surface area contributed by atoms with Crippen LogP contribution in [0, 0.1) is 0 Å². The Morgan fingerprint density at radius 3 is 1.96 bits per heavy atom. The molecule has 2 aromatic carbocycles. The summed E-state index contributed by atoms with van der Waals surface area (Å²) in [6.45, 7) is 7.32.